The highest BCUT2D eigenvalue weighted by Gasteiger charge is 2.09. The van der Waals surface area contributed by atoms with E-state index in [1.165, 1.54) is 12.1 Å². The summed E-state index contributed by atoms with van der Waals surface area (Å²) in [7, 11) is 0. The number of rotatable bonds is 3. The van der Waals surface area contributed by atoms with Crippen LogP contribution in [0, 0.1) is 0 Å². The SMILES string of the molecule is CC(CO)c1ccc(O)cc1C=O. The molecular weight excluding hydrogens is 168 g/mol. The van der Waals surface area contributed by atoms with Gasteiger partial charge >= 0.3 is 0 Å². The largest absolute Gasteiger partial charge is 0.508 e. The molecule has 2 N–H and O–H groups in total. The van der Waals surface area contributed by atoms with Crippen LogP contribution in [0.4, 0.5) is 0 Å². The van der Waals surface area contributed by atoms with E-state index in [2.05, 4.69) is 0 Å². The van der Waals surface area contributed by atoms with Crippen LogP contribution in [0.15, 0.2) is 18.2 Å². The highest BCUT2D eigenvalue weighted by Crippen LogP contribution is 2.22. The van der Waals surface area contributed by atoms with E-state index in [0.29, 0.717) is 11.8 Å². The van der Waals surface area contributed by atoms with Crippen LogP contribution in [-0.2, 0) is 0 Å². The van der Waals surface area contributed by atoms with Gasteiger partial charge in [0.05, 0.1) is 0 Å². The van der Waals surface area contributed by atoms with Crippen LogP contribution in [0.2, 0.25) is 0 Å². The van der Waals surface area contributed by atoms with Gasteiger partial charge in [-0.15, -0.1) is 0 Å². The minimum Gasteiger partial charge on any atom is -0.508 e. The van der Waals surface area contributed by atoms with Crippen molar-refractivity contribution in [3.8, 4) is 5.75 Å². The molecule has 0 aliphatic heterocycles. The zero-order valence-corrected chi connectivity index (χ0v) is 7.40. The van der Waals surface area contributed by atoms with Gasteiger partial charge in [0.1, 0.15) is 12.0 Å². The fourth-order valence-electron chi connectivity index (χ4n) is 1.21. The Morgan fingerprint density at radius 1 is 1.54 bits per heavy atom. The number of aliphatic hydroxyl groups is 1. The predicted molar refractivity (Wildman–Crippen MR) is 49.0 cm³/mol. The number of aldehydes is 1. The Hall–Kier alpha value is -1.35. The van der Waals surface area contributed by atoms with Gasteiger partial charge in [0.15, 0.2) is 0 Å². The number of carbonyl (C=O) groups is 1. The number of carbonyl (C=O) groups excluding carboxylic acids is 1. The average Bonchev–Trinajstić information content (AvgIpc) is 2.16. The molecule has 70 valence electrons. The van der Waals surface area contributed by atoms with Crippen molar-refractivity contribution in [3.05, 3.63) is 29.3 Å². The van der Waals surface area contributed by atoms with Gasteiger partial charge in [-0.05, 0) is 17.7 Å². The van der Waals surface area contributed by atoms with E-state index in [1.807, 2.05) is 6.92 Å². The summed E-state index contributed by atoms with van der Waals surface area (Å²) in [6, 6.07) is 4.56. The monoisotopic (exact) mass is 180 g/mol. The van der Waals surface area contributed by atoms with Crippen LogP contribution in [0.1, 0.15) is 28.8 Å². The van der Waals surface area contributed by atoms with Crippen molar-refractivity contribution < 1.29 is 15.0 Å². The van der Waals surface area contributed by atoms with E-state index in [9.17, 15) is 4.79 Å². The second-order valence-corrected chi connectivity index (χ2v) is 3.01. The van der Waals surface area contributed by atoms with Crippen LogP contribution in [0.25, 0.3) is 0 Å². The van der Waals surface area contributed by atoms with Crippen LogP contribution in [-0.4, -0.2) is 23.1 Å². The van der Waals surface area contributed by atoms with Crippen LogP contribution >= 0.6 is 0 Å². The summed E-state index contributed by atoms with van der Waals surface area (Å²) in [6.07, 6.45) is 0.682. The van der Waals surface area contributed by atoms with Gasteiger partial charge in [0.25, 0.3) is 0 Å². The molecule has 0 fully saturated rings. The lowest BCUT2D eigenvalue weighted by Gasteiger charge is -2.10. The van der Waals surface area contributed by atoms with Gasteiger partial charge < -0.3 is 10.2 Å². The molecule has 0 amide bonds. The summed E-state index contributed by atoms with van der Waals surface area (Å²) in [4.78, 5) is 10.6. The molecule has 0 heterocycles. The molecule has 0 aliphatic rings. The first-order valence-electron chi connectivity index (χ1n) is 4.08. The highest BCUT2D eigenvalue weighted by molar-refractivity contribution is 5.78. The Balaban J connectivity index is 3.13. The van der Waals surface area contributed by atoms with Crippen LogP contribution in [0.3, 0.4) is 0 Å². The Morgan fingerprint density at radius 2 is 2.23 bits per heavy atom. The van der Waals surface area contributed by atoms with Crippen molar-refractivity contribution in [2.24, 2.45) is 0 Å². The molecule has 0 saturated carbocycles. The number of aliphatic hydroxyl groups excluding tert-OH is 1. The van der Waals surface area contributed by atoms with E-state index in [-0.39, 0.29) is 18.3 Å². The fourth-order valence-corrected chi connectivity index (χ4v) is 1.21. The van der Waals surface area contributed by atoms with Gasteiger partial charge in [0, 0.05) is 18.1 Å². The van der Waals surface area contributed by atoms with Crippen molar-refractivity contribution in [3.63, 3.8) is 0 Å². The first-order chi connectivity index (χ1) is 6.19. The third-order valence-corrected chi connectivity index (χ3v) is 2.00. The second kappa shape index (κ2) is 4.05. The average molecular weight is 180 g/mol. The third kappa shape index (κ3) is 2.06. The van der Waals surface area contributed by atoms with Crippen molar-refractivity contribution in [2.45, 2.75) is 12.8 Å². The fraction of sp³-hybridized carbons (Fsp3) is 0.300. The molecule has 13 heavy (non-hydrogen) atoms. The van der Waals surface area contributed by atoms with E-state index in [0.717, 1.165) is 5.56 Å². The number of phenols is 1. The molecule has 0 aromatic heterocycles. The van der Waals surface area contributed by atoms with Gasteiger partial charge in [-0.3, -0.25) is 4.79 Å². The summed E-state index contributed by atoms with van der Waals surface area (Å²) in [5.74, 6) is -0.0169. The lowest BCUT2D eigenvalue weighted by molar-refractivity contribution is 0.112. The summed E-state index contributed by atoms with van der Waals surface area (Å²) < 4.78 is 0. The summed E-state index contributed by atoms with van der Waals surface area (Å²) in [6.45, 7) is 1.81. The summed E-state index contributed by atoms with van der Waals surface area (Å²) in [5.41, 5.74) is 1.19. The Morgan fingerprint density at radius 3 is 2.77 bits per heavy atom. The van der Waals surface area contributed by atoms with Gasteiger partial charge in [0.2, 0.25) is 0 Å². The molecule has 1 aromatic carbocycles. The highest BCUT2D eigenvalue weighted by atomic mass is 16.3. The second-order valence-electron chi connectivity index (χ2n) is 3.01. The maximum atomic E-state index is 10.6. The molecule has 1 rings (SSSR count). The van der Waals surface area contributed by atoms with Gasteiger partial charge in [-0.1, -0.05) is 13.0 Å². The number of hydrogen-bond acceptors (Lipinski definition) is 3. The predicted octanol–water partition coefficient (Wildman–Crippen LogP) is 1.30. The lowest BCUT2D eigenvalue weighted by atomic mass is 9.97. The minimum atomic E-state index is -0.0826. The maximum Gasteiger partial charge on any atom is 0.150 e. The summed E-state index contributed by atoms with van der Waals surface area (Å²) >= 11 is 0. The molecule has 3 heteroatoms. The molecule has 3 nitrogen and oxygen atoms in total. The number of hydrogen-bond donors (Lipinski definition) is 2. The maximum absolute atomic E-state index is 10.6. The molecule has 1 atom stereocenters. The topological polar surface area (TPSA) is 57.5 Å². The molecule has 0 aliphatic carbocycles. The van der Waals surface area contributed by atoms with Crippen molar-refractivity contribution in [2.75, 3.05) is 6.61 Å². The first-order valence-corrected chi connectivity index (χ1v) is 4.08. The smallest absolute Gasteiger partial charge is 0.150 e. The third-order valence-electron chi connectivity index (χ3n) is 2.00. The summed E-state index contributed by atoms with van der Waals surface area (Å²) in [5, 5.41) is 18.0. The van der Waals surface area contributed by atoms with Gasteiger partial charge in [-0.2, -0.15) is 0 Å². The van der Waals surface area contributed by atoms with Gasteiger partial charge in [-0.25, -0.2) is 0 Å². The number of benzene rings is 1. The Bertz CT molecular complexity index is 307. The van der Waals surface area contributed by atoms with E-state index in [4.69, 9.17) is 10.2 Å². The van der Waals surface area contributed by atoms with E-state index < -0.39 is 0 Å². The van der Waals surface area contributed by atoms with Crippen LogP contribution in [0.5, 0.6) is 5.75 Å². The molecule has 0 spiro atoms. The number of aromatic hydroxyl groups is 1. The van der Waals surface area contributed by atoms with E-state index in [1.54, 1.807) is 6.07 Å². The lowest BCUT2D eigenvalue weighted by Crippen LogP contribution is -2.02. The molecule has 0 radical (unpaired) electrons. The molecule has 1 aromatic rings. The molecule has 0 bridgehead atoms. The first kappa shape index (κ1) is 9.74. The Labute approximate surface area is 76.6 Å². The molecule has 0 saturated heterocycles. The van der Waals surface area contributed by atoms with Crippen molar-refractivity contribution >= 4 is 6.29 Å². The van der Waals surface area contributed by atoms with E-state index >= 15 is 0 Å². The molecular formula is C10H12O3. The minimum absolute atomic E-state index is 0.00832. The normalized spacial score (nSPS) is 12.5. The zero-order valence-electron chi connectivity index (χ0n) is 7.40. The van der Waals surface area contributed by atoms with Crippen molar-refractivity contribution in [1.82, 2.24) is 0 Å². The quantitative estimate of drug-likeness (QED) is 0.689. The van der Waals surface area contributed by atoms with Crippen LogP contribution < -0.4 is 0 Å². The molecule has 1 unspecified atom stereocenters. The zero-order chi connectivity index (χ0) is 9.84. The van der Waals surface area contributed by atoms with Crippen molar-refractivity contribution in [1.29, 1.82) is 0 Å². The standard InChI is InChI=1S/C10H12O3/c1-7(5-11)10-3-2-9(13)4-8(10)6-12/h2-4,6-7,11,13H,5H2,1H3. The number of phenolic OH excluding ortho intramolecular Hbond substituents is 1. The Kier molecular flexibility index (Phi) is 3.03.